The van der Waals surface area contributed by atoms with Crippen molar-refractivity contribution in [2.75, 3.05) is 0 Å². The average molecular weight is 279 g/mol. The molecule has 0 saturated heterocycles. The van der Waals surface area contributed by atoms with E-state index in [1.165, 1.54) is 0 Å². The summed E-state index contributed by atoms with van der Waals surface area (Å²) >= 11 is 0. The monoisotopic (exact) mass is 279 g/mol. The van der Waals surface area contributed by atoms with E-state index >= 15 is 0 Å². The van der Waals surface area contributed by atoms with Gasteiger partial charge in [0.15, 0.2) is 5.43 Å². The van der Waals surface area contributed by atoms with Crippen LogP contribution in [0.3, 0.4) is 0 Å². The largest absolute Gasteiger partial charge is 0.478 e. The minimum absolute atomic E-state index is 0.000311. The Kier molecular flexibility index (Phi) is 3.28. The number of aromatic nitrogens is 1. The molecule has 4 nitrogen and oxygen atoms in total. The summed E-state index contributed by atoms with van der Waals surface area (Å²) in [6, 6.07) is 14.7. The van der Waals surface area contributed by atoms with Gasteiger partial charge in [0.2, 0.25) is 0 Å². The van der Waals surface area contributed by atoms with Crippen LogP contribution >= 0.6 is 0 Å². The van der Waals surface area contributed by atoms with Crippen LogP contribution in [0, 0.1) is 0 Å². The molecular formula is C17H13NO3. The maximum atomic E-state index is 12.5. The molecule has 0 unspecified atom stereocenters. The number of hydrogen-bond acceptors (Lipinski definition) is 2. The van der Waals surface area contributed by atoms with Gasteiger partial charge in [-0.15, -0.1) is 0 Å². The minimum atomic E-state index is -0.982. The van der Waals surface area contributed by atoms with Crippen molar-refractivity contribution in [2.24, 2.45) is 0 Å². The smallest absolute Gasteiger partial charge is 0.328 e. The summed E-state index contributed by atoms with van der Waals surface area (Å²) in [4.78, 5) is 23.1. The summed E-state index contributed by atoms with van der Waals surface area (Å²) in [6.07, 6.45) is 2.69. The van der Waals surface area contributed by atoms with Gasteiger partial charge in [-0.05, 0) is 24.3 Å². The molecule has 0 aliphatic heterocycles. The molecular weight excluding hydrogens is 266 g/mol. The molecule has 0 radical (unpaired) electrons. The molecule has 104 valence electrons. The number of aliphatic carboxylic acids is 1. The van der Waals surface area contributed by atoms with Gasteiger partial charge in [0.1, 0.15) is 0 Å². The lowest BCUT2D eigenvalue weighted by atomic mass is 10.1. The van der Waals surface area contributed by atoms with Crippen molar-refractivity contribution in [2.45, 2.75) is 6.54 Å². The van der Waals surface area contributed by atoms with Crippen LogP contribution in [-0.2, 0) is 11.3 Å². The van der Waals surface area contributed by atoms with Gasteiger partial charge in [-0.3, -0.25) is 4.79 Å². The lowest BCUT2D eigenvalue weighted by Crippen LogP contribution is -2.11. The molecule has 3 rings (SSSR count). The Balaban J connectivity index is 2.35. The molecule has 0 fully saturated rings. The summed E-state index contributed by atoms with van der Waals surface area (Å²) in [5.74, 6) is -0.982. The molecule has 4 heteroatoms. The number of carboxylic acids is 1. The maximum absolute atomic E-state index is 12.5. The van der Waals surface area contributed by atoms with Gasteiger partial charge in [0.25, 0.3) is 0 Å². The fraction of sp³-hybridized carbons (Fsp3) is 0.0588. The van der Waals surface area contributed by atoms with Gasteiger partial charge in [-0.1, -0.05) is 30.3 Å². The number of rotatable bonds is 3. The summed E-state index contributed by atoms with van der Waals surface area (Å²) in [5.41, 5.74) is 1.60. The summed E-state index contributed by atoms with van der Waals surface area (Å²) in [7, 11) is 0. The van der Waals surface area contributed by atoms with Crippen LogP contribution in [0.4, 0.5) is 0 Å². The Bertz CT molecular complexity index is 862. The Morgan fingerprint density at radius 1 is 1.00 bits per heavy atom. The molecule has 0 spiro atoms. The van der Waals surface area contributed by atoms with E-state index in [2.05, 4.69) is 0 Å². The van der Waals surface area contributed by atoms with Crippen LogP contribution in [0.1, 0.15) is 0 Å². The first-order valence-electron chi connectivity index (χ1n) is 6.58. The van der Waals surface area contributed by atoms with Crippen molar-refractivity contribution >= 4 is 27.8 Å². The fourth-order valence-corrected chi connectivity index (χ4v) is 2.53. The zero-order chi connectivity index (χ0) is 14.8. The molecule has 1 N–H and O–H groups in total. The molecule has 0 saturated carbocycles. The van der Waals surface area contributed by atoms with E-state index < -0.39 is 5.97 Å². The Labute approximate surface area is 120 Å². The number of allylic oxidation sites excluding steroid dienone is 1. The van der Waals surface area contributed by atoms with Crippen LogP contribution in [0.2, 0.25) is 0 Å². The highest BCUT2D eigenvalue weighted by atomic mass is 16.4. The number of nitrogens with zero attached hydrogens (tertiary/aromatic N) is 1. The van der Waals surface area contributed by atoms with Crippen LogP contribution in [0.25, 0.3) is 21.8 Å². The van der Waals surface area contributed by atoms with E-state index in [1.54, 1.807) is 18.2 Å². The van der Waals surface area contributed by atoms with Gasteiger partial charge >= 0.3 is 5.97 Å². The van der Waals surface area contributed by atoms with Gasteiger partial charge < -0.3 is 9.67 Å². The van der Waals surface area contributed by atoms with Crippen molar-refractivity contribution < 1.29 is 9.90 Å². The van der Waals surface area contributed by atoms with Gasteiger partial charge in [-0.25, -0.2) is 4.79 Å². The van der Waals surface area contributed by atoms with Crippen LogP contribution in [0.15, 0.2) is 65.5 Å². The molecule has 1 heterocycles. The molecule has 0 atom stereocenters. The number of hydrogen-bond donors (Lipinski definition) is 1. The maximum Gasteiger partial charge on any atom is 0.328 e. The second-order valence-corrected chi connectivity index (χ2v) is 4.71. The van der Waals surface area contributed by atoms with Crippen LogP contribution in [0.5, 0.6) is 0 Å². The standard InChI is InChI=1S/C17H13NO3/c19-16(20)10-5-11-18-14-8-3-1-6-12(14)17(21)13-7-2-4-9-15(13)18/h1-10H,11H2,(H,19,20). The van der Waals surface area contributed by atoms with Crippen molar-refractivity contribution in [1.29, 1.82) is 0 Å². The zero-order valence-electron chi connectivity index (χ0n) is 11.2. The molecule has 0 aliphatic rings. The summed E-state index contributed by atoms with van der Waals surface area (Å²) < 4.78 is 1.95. The van der Waals surface area contributed by atoms with Crippen LogP contribution in [-0.4, -0.2) is 15.6 Å². The van der Waals surface area contributed by atoms with E-state index in [-0.39, 0.29) is 5.43 Å². The Hall–Kier alpha value is -2.88. The number of benzene rings is 2. The first-order chi connectivity index (χ1) is 10.2. The molecule has 3 aromatic rings. The number of para-hydroxylation sites is 2. The highest BCUT2D eigenvalue weighted by molar-refractivity contribution is 5.93. The zero-order valence-corrected chi connectivity index (χ0v) is 11.2. The van der Waals surface area contributed by atoms with E-state index in [0.29, 0.717) is 17.3 Å². The molecule has 0 bridgehead atoms. The first-order valence-corrected chi connectivity index (χ1v) is 6.58. The van der Waals surface area contributed by atoms with Gasteiger partial charge in [-0.2, -0.15) is 0 Å². The van der Waals surface area contributed by atoms with Crippen molar-refractivity contribution in [3.63, 3.8) is 0 Å². The molecule has 1 aromatic heterocycles. The first kappa shape index (κ1) is 13.1. The third kappa shape index (κ3) is 2.31. The summed E-state index contributed by atoms with van der Waals surface area (Å²) in [6.45, 7) is 0.396. The number of fused-ring (bicyclic) bond motifs is 2. The lowest BCUT2D eigenvalue weighted by Gasteiger charge is -2.13. The van der Waals surface area contributed by atoms with E-state index in [9.17, 15) is 9.59 Å². The average Bonchev–Trinajstić information content (AvgIpc) is 2.50. The summed E-state index contributed by atoms with van der Waals surface area (Å²) in [5, 5.41) is 9.99. The molecule has 0 amide bonds. The van der Waals surface area contributed by atoms with Crippen molar-refractivity contribution in [3.05, 3.63) is 70.9 Å². The quantitative estimate of drug-likeness (QED) is 0.592. The molecule has 0 aliphatic carbocycles. The fourth-order valence-electron chi connectivity index (χ4n) is 2.53. The molecule has 2 aromatic carbocycles. The van der Waals surface area contributed by atoms with E-state index in [1.807, 2.05) is 41.0 Å². The van der Waals surface area contributed by atoms with Gasteiger partial charge in [0, 0.05) is 23.4 Å². The number of pyridine rings is 1. The second kappa shape index (κ2) is 5.25. The topological polar surface area (TPSA) is 59.3 Å². The molecule has 21 heavy (non-hydrogen) atoms. The van der Waals surface area contributed by atoms with Gasteiger partial charge in [0.05, 0.1) is 11.0 Å². The lowest BCUT2D eigenvalue weighted by molar-refractivity contribution is -0.131. The van der Waals surface area contributed by atoms with E-state index in [4.69, 9.17) is 5.11 Å². The highest BCUT2D eigenvalue weighted by Crippen LogP contribution is 2.18. The van der Waals surface area contributed by atoms with Crippen molar-refractivity contribution in [3.8, 4) is 0 Å². The van der Waals surface area contributed by atoms with Crippen LogP contribution < -0.4 is 5.43 Å². The highest BCUT2D eigenvalue weighted by Gasteiger charge is 2.08. The predicted molar refractivity (Wildman–Crippen MR) is 82.5 cm³/mol. The predicted octanol–water partition coefficient (Wildman–Crippen LogP) is 2.80. The normalized spacial score (nSPS) is 11.4. The number of carbonyl (C=O) groups is 1. The Morgan fingerprint density at radius 3 is 2.05 bits per heavy atom. The third-order valence-corrected chi connectivity index (χ3v) is 3.43. The van der Waals surface area contributed by atoms with E-state index in [0.717, 1.165) is 17.1 Å². The Morgan fingerprint density at radius 2 is 1.52 bits per heavy atom. The second-order valence-electron chi connectivity index (χ2n) is 4.71. The SMILES string of the molecule is O=C(O)C=CCn1c2ccccc2c(=O)c2ccccc21. The number of carboxylic acid groups (broad SMARTS) is 1. The minimum Gasteiger partial charge on any atom is -0.478 e. The third-order valence-electron chi connectivity index (χ3n) is 3.43. The van der Waals surface area contributed by atoms with Crippen molar-refractivity contribution in [1.82, 2.24) is 4.57 Å².